The maximum absolute atomic E-state index is 12.9. The van der Waals surface area contributed by atoms with Crippen molar-refractivity contribution >= 4 is 22.2 Å². The van der Waals surface area contributed by atoms with E-state index in [0.717, 1.165) is 35.8 Å². The number of anilines is 1. The number of rotatable bonds is 7. The van der Waals surface area contributed by atoms with Crippen LogP contribution in [0.1, 0.15) is 54.1 Å². The summed E-state index contributed by atoms with van der Waals surface area (Å²) in [5.41, 5.74) is 1.69. The number of nitrogens with zero attached hydrogens (tertiary/aromatic N) is 4. The minimum Gasteiger partial charge on any atom is -0.317 e. The molecule has 3 rings (SSSR count). The van der Waals surface area contributed by atoms with E-state index in [0.29, 0.717) is 17.1 Å². The molecule has 0 spiro atoms. The molecule has 0 atom stereocenters. The quantitative estimate of drug-likeness (QED) is 0.706. The standard InChI is InChI=1S/C19H23F2N5OS/c1-25(12-16-23-8-10-26(16)19(20)21)9-7-17(27)24-18-14(11-22)13-5-3-2-4-6-15(13)28-18/h8,10,19H,2-7,9,12H2,1H3,(H,24,27). The van der Waals surface area contributed by atoms with Crippen molar-refractivity contribution in [1.82, 2.24) is 14.5 Å². The number of fused-ring (bicyclic) bond motifs is 1. The summed E-state index contributed by atoms with van der Waals surface area (Å²) in [5.74, 6) is 0.0728. The number of amides is 1. The topological polar surface area (TPSA) is 74.0 Å². The Hall–Kier alpha value is -2.31. The van der Waals surface area contributed by atoms with Crippen molar-refractivity contribution in [1.29, 1.82) is 5.26 Å². The van der Waals surface area contributed by atoms with Crippen LogP contribution < -0.4 is 5.32 Å². The maximum atomic E-state index is 12.9. The number of aryl methyl sites for hydroxylation is 1. The van der Waals surface area contributed by atoms with E-state index in [2.05, 4.69) is 16.4 Å². The number of nitrogens with one attached hydrogen (secondary N) is 1. The molecule has 2 heterocycles. The third-order valence-electron chi connectivity index (χ3n) is 4.88. The van der Waals surface area contributed by atoms with Gasteiger partial charge < -0.3 is 5.32 Å². The zero-order chi connectivity index (χ0) is 20.1. The molecular weight excluding hydrogens is 384 g/mol. The Morgan fingerprint density at radius 2 is 2.21 bits per heavy atom. The summed E-state index contributed by atoms with van der Waals surface area (Å²) in [4.78, 5) is 19.3. The molecule has 1 aliphatic rings. The zero-order valence-corrected chi connectivity index (χ0v) is 16.6. The van der Waals surface area contributed by atoms with Crippen molar-refractivity contribution in [3.05, 3.63) is 34.2 Å². The summed E-state index contributed by atoms with van der Waals surface area (Å²) < 4.78 is 26.6. The van der Waals surface area contributed by atoms with E-state index in [4.69, 9.17) is 0 Å². The van der Waals surface area contributed by atoms with Gasteiger partial charge in [-0.25, -0.2) is 4.98 Å². The molecule has 6 nitrogen and oxygen atoms in total. The normalized spacial score (nSPS) is 14.0. The van der Waals surface area contributed by atoms with Crippen LogP contribution >= 0.6 is 11.3 Å². The van der Waals surface area contributed by atoms with Gasteiger partial charge in [-0.15, -0.1) is 11.3 Å². The number of hydrogen-bond acceptors (Lipinski definition) is 5. The molecule has 0 bridgehead atoms. The molecule has 2 aromatic rings. The molecule has 150 valence electrons. The van der Waals surface area contributed by atoms with Crippen LogP contribution in [-0.2, 0) is 24.2 Å². The fourth-order valence-corrected chi connectivity index (χ4v) is 4.65. The number of aromatic nitrogens is 2. The van der Waals surface area contributed by atoms with E-state index < -0.39 is 6.55 Å². The second kappa shape index (κ2) is 9.26. The molecule has 0 aromatic carbocycles. The highest BCUT2D eigenvalue weighted by Crippen LogP contribution is 2.37. The summed E-state index contributed by atoms with van der Waals surface area (Å²) >= 11 is 1.51. The van der Waals surface area contributed by atoms with Crippen molar-refractivity contribution in [3.63, 3.8) is 0 Å². The Balaban J connectivity index is 1.56. The number of nitriles is 1. The van der Waals surface area contributed by atoms with Crippen LogP contribution in [0.3, 0.4) is 0 Å². The van der Waals surface area contributed by atoms with Gasteiger partial charge in [0.1, 0.15) is 16.9 Å². The molecule has 0 saturated heterocycles. The average molecular weight is 407 g/mol. The number of halogens is 2. The van der Waals surface area contributed by atoms with Crippen molar-refractivity contribution in [2.75, 3.05) is 18.9 Å². The number of carbonyl (C=O) groups is 1. The van der Waals surface area contributed by atoms with Crippen molar-refractivity contribution in [2.24, 2.45) is 0 Å². The van der Waals surface area contributed by atoms with Gasteiger partial charge in [-0.2, -0.15) is 14.0 Å². The molecule has 0 saturated carbocycles. The van der Waals surface area contributed by atoms with Gasteiger partial charge in [-0.3, -0.25) is 14.3 Å². The van der Waals surface area contributed by atoms with Gasteiger partial charge in [0, 0.05) is 30.2 Å². The van der Waals surface area contributed by atoms with Gasteiger partial charge in [-0.1, -0.05) is 6.42 Å². The summed E-state index contributed by atoms with van der Waals surface area (Å²) in [6.45, 7) is -2.01. The molecule has 0 aliphatic heterocycles. The number of imidazole rings is 1. The van der Waals surface area contributed by atoms with Crippen LogP contribution in [-0.4, -0.2) is 34.0 Å². The first-order valence-corrected chi connectivity index (χ1v) is 10.1. The highest BCUT2D eigenvalue weighted by molar-refractivity contribution is 7.16. The lowest BCUT2D eigenvalue weighted by Gasteiger charge is -2.16. The third kappa shape index (κ3) is 4.75. The summed E-state index contributed by atoms with van der Waals surface area (Å²) in [5, 5.41) is 13.0. The molecule has 1 amide bonds. The van der Waals surface area contributed by atoms with E-state index in [1.54, 1.807) is 11.9 Å². The highest BCUT2D eigenvalue weighted by Gasteiger charge is 2.21. The fraction of sp³-hybridized carbons (Fsp3) is 0.526. The van der Waals surface area contributed by atoms with Crippen LogP contribution in [0.25, 0.3) is 0 Å². The van der Waals surface area contributed by atoms with Crippen LogP contribution in [0, 0.1) is 11.3 Å². The minimum absolute atomic E-state index is 0.183. The van der Waals surface area contributed by atoms with Crippen LogP contribution in [0.15, 0.2) is 12.4 Å². The van der Waals surface area contributed by atoms with Gasteiger partial charge >= 0.3 is 6.55 Å². The molecule has 2 aromatic heterocycles. The largest absolute Gasteiger partial charge is 0.319 e. The first kappa shape index (κ1) is 20.4. The Morgan fingerprint density at radius 3 is 2.96 bits per heavy atom. The number of alkyl halides is 2. The first-order valence-electron chi connectivity index (χ1n) is 9.32. The van der Waals surface area contributed by atoms with Gasteiger partial charge in [-0.05, 0) is 38.3 Å². The lowest BCUT2D eigenvalue weighted by Crippen LogP contribution is -2.25. The van der Waals surface area contributed by atoms with E-state index in [1.807, 2.05) is 0 Å². The van der Waals surface area contributed by atoms with Gasteiger partial charge in [0.15, 0.2) is 0 Å². The van der Waals surface area contributed by atoms with Crippen molar-refractivity contribution < 1.29 is 13.6 Å². The van der Waals surface area contributed by atoms with Gasteiger partial charge in [0.25, 0.3) is 0 Å². The lowest BCUT2D eigenvalue weighted by molar-refractivity contribution is -0.116. The van der Waals surface area contributed by atoms with E-state index in [-0.39, 0.29) is 24.7 Å². The Labute approximate surface area is 166 Å². The van der Waals surface area contributed by atoms with E-state index in [9.17, 15) is 18.8 Å². The Kier molecular flexibility index (Phi) is 6.75. The van der Waals surface area contributed by atoms with Crippen molar-refractivity contribution in [3.8, 4) is 6.07 Å². The first-order chi connectivity index (χ1) is 13.5. The van der Waals surface area contributed by atoms with Crippen LogP contribution in [0.2, 0.25) is 0 Å². The summed E-state index contributed by atoms with van der Waals surface area (Å²) in [6.07, 6.45) is 8.00. The summed E-state index contributed by atoms with van der Waals surface area (Å²) in [6, 6.07) is 2.25. The smallest absolute Gasteiger partial charge is 0.317 e. The zero-order valence-electron chi connectivity index (χ0n) is 15.8. The van der Waals surface area contributed by atoms with Gasteiger partial charge in [0.05, 0.1) is 12.1 Å². The second-order valence-electron chi connectivity index (χ2n) is 6.94. The lowest BCUT2D eigenvalue weighted by atomic mass is 10.1. The highest BCUT2D eigenvalue weighted by atomic mass is 32.1. The van der Waals surface area contributed by atoms with E-state index >= 15 is 0 Å². The number of hydrogen-bond donors (Lipinski definition) is 1. The molecule has 1 aliphatic carbocycles. The minimum atomic E-state index is -2.63. The van der Waals surface area contributed by atoms with Crippen molar-refractivity contribution in [2.45, 2.75) is 51.6 Å². The molecule has 9 heteroatoms. The molecule has 0 unspecified atom stereocenters. The third-order valence-corrected chi connectivity index (χ3v) is 6.08. The molecule has 0 fully saturated rings. The molecular formula is C19H23F2N5OS. The summed E-state index contributed by atoms with van der Waals surface area (Å²) in [7, 11) is 1.76. The molecule has 1 N–H and O–H groups in total. The fourth-order valence-electron chi connectivity index (χ4n) is 3.40. The Bertz CT molecular complexity index is 870. The predicted octanol–water partition coefficient (Wildman–Crippen LogP) is 3.94. The predicted molar refractivity (Wildman–Crippen MR) is 103 cm³/mol. The number of thiophene rings is 1. The van der Waals surface area contributed by atoms with E-state index in [1.165, 1.54) is 35.0 Å². The Morgan fingerprint density at radius 1 is 1.43 bits per heavy atom. The molecule has 0 radical (unpaired) electrons. The maximum Gasteiger partial charge on any atom is 0.319 e. The average Bonchev–Trinajstić information content (AvgIpc) is 3.17. The van der Waals surface area contributed by atoms with Crippen LogP contribution in [0.4, 0.5) is 13.8 Å². The van der Waals surface area contributed by atoms with Gasteiger partial charge in [0.2, 0.25) is 5.91 Å². The second-order valence-corrected chi connectivity index (χ2v) is 8.05. The van der Waals surface area contributed by atoms with Crippen LogP contribution in [0.5, 0.6) is 0 Å². The molecule has 28 heavy (non-hydrogen) atoms. The SMILES string of the molecule is CN(CCC(=O)Nc1sc2c(c1C#N)CCCCC2)Cc1nccn1C(F)F. The number of carbonyl (C=O) groups excluding carboxylic acids is 1. The monoisotopic (exact) mass is 407 g/mol.